The Labute approximate surface area is 232 Å². The Morgan fingerprint density at radius 3 is 2.27 bits per heavy atom. The molecule has 1 heterocycles. The fourth-order valence-electron chi connectivity index (χ4n) is 5.03. The lowest BCUT2D eigenvalue weighted by molar-refractivity contribution is -0.145. The fraction of sp³-hybridized carbons (Fsp3) is 0.367. The molecule has 0 saturated carbocycles. The van der Waals surface area contributed by atoms with Crippen molar-refractivity contribution >= 4 is 16.0 Å². The maximum atomic E-state index is 13.9. The van der Waals surface area contributed by atoms with Crippen LogP contribution in [0, 0.1) is 6.92 Å². The van der Waals surface area contributed by atoms with Crippen LogP contribution in [0.25, 0.3) is 11.1 Å². The molecular weight excluding hydrogens is 543 g/mol. The molecule has 1 atom stereocenters. The number of alkyl halides is 3. The van der Waals surface area contributed by atoms with E-state index in [1.54, 1.807) is 13.8 Å². The molecule has 4 rings (SSSR count). The number of hydrogen-bond acceptors (Lipinski definition) is 5. The molecule has 1 aliphatic heterocycles. The van der Waals surface area contributed by atoms with Crippen molar-refractivity contribution < 1.29 is 35.9 Å². The number of hydrogen-bond donors (Lipinski definition) is 0. The molecular formula is C30H32F3NO5S. The van der Waals surface area contributed by atoms with Gasteiger partial charge in [0.2, 0.25) is 10.0 Å². The Kier molecular flexibility index (Phi) is 8.06. The third kappa shape index (κ3) is 5.88. The monoisotopic (exact) mass is 575 g/mol. The topological polar surface area (TPSA) is 72.9 Å². The highest BCUT2D eigenvalue weighted by Gasteiger charge is 2.42. The minimum atomic E-state index is -4.43. The average Bonchev–Trinajstić information content (AvgIpc) is 2.89. The molecule has 0 N–H and O–H groups in total. The lowest BCUT2D eigenvalue weighted by atomic mass is 9.76. The average molecular weight is 576 g/mol. The van der Waals surface area contributed by atoms with Gasteiger partial charge in [0.15, 0.2) is 6.61 Å². The van der Waals surface area contributed by atoms with E-state index in [0.29, 0.717) is 22.4 Å². The number of aryl methyl sites for hydroxylation is 1. The van der Waals surface area contributed by atoms with Crippen molar-refractivity contribution in [3.63, 3.8) is 0 Å². The second-order valence-corrected chi connectivity index (χ2v) is 12.4. The van der Waals surface area contributed by atoms with Crippen LogP contribution in [0.4, 0.5) is 13.2 Å². The Morgan fingerprint density at radius 1 is 1.02 bits per heavy atom. The predicted molar refractivity (Wildman–Crippen MR) is 146 cm³/mol. The Morgan fingerprint density at radius 2 is 1.68 bits per heavy atom. The van der Waals surface area contributed by atoms with Gasteiger partial charge >= 0.3 is 12.1 Å². The number of benzene rings is 3. The number of esters is 1. The van der Waals surface area contributed by atoms with Crippen LogP contribution in [0.2, 0.25) is 0 Å². The van der Waals surface area contributed by atoms with Crippen LogP contribution < -0.4 is 4.74 Å². The van der Waals surface area contributed by atoms with Gasteiger partial charge in [0.05, 0.1) is 17.1 Å². The SMILES string of the molecule is CCOC(=O)COc1ccc(S(=O)(=O)N2CC(C)(C)c3ccc(-c4ccc(C(F)(F)F)cc4)cc3C2C)cc1C. The number of nitrogens with zero attached hydrogens (tertiary/aromatic N) is 1. The van der Waals surface area contributed by atoms with E-state index in [0.717, 1.165) is 23.3 Å². The first kappa shape index (κ1) is 29.6. The molecule has 3 aromatic carbocycles. The number of carbonyl (C=O) groups excluding carboxylic acids is 1. The number of ether oxygens (including phenoxy) is 2. The zero-order chi connectivity index (χ0) is 29.5. The molecule has 0 radical (unpaired) electrons. The van der Waals surface area contributed by atoms with E-state index in [1.807, 2.05) is 39.0 Å². The van der Waals surface area contributed by atoms with E-state index in [9.17, 15) is 26.4 Å². The summed E-state index contributed by atoms with van der Waals surface area (Å²) in [5, 5.41) is 0. The van der Waals surface area contributed by atoms with Gasteiger partial charge in [-0.05, 0) is 85.0 Å². The van der Waals surface area contributed by atoms with Gasteiger partial charge in [-0.3, -0.25) is 0 Å². The zero-order valence-corrected chi connectivity index (χ0v) is 23.8. The molecule has 6 nitrogen and oxygen atoms in total. The summed E-state index contributed by atoms with van der Waals surface area (Å²) in [4.78, 5) is 11.7. The molecule has 214 valence electrons. The van der Waals surface area contributed by atoms with E-state index >= 15 is 0 Å². The molecule has 3 aromatic rings. The maximum absolute atomic E-state index is 13.9. The molecule has 1 aliphatic rings. The van der Waals surface area contributed by atoms with Crippen molar-refractivity contribution in [3.8, 4) is 16.9 Å². The molecule has 0 amide bonds. The number of fused-ring (bicyclic) bond motifs is 1. The molecule has 0 spiro atoms. The van der Waals surface area contributed by atoms with Gasteiger partial charge in [-0.15, -0.1) is 0 Å². The van der Waals surface area contributed by atoms with Crippen LogP contribution in [0.5, 0.6) is 5.75 Å². The van der Waals surface area contributed by atoms with Crippen LogP contribution in [-0.2, 0) is 31.1 Å². The minimum Gasteiger partial charge on any atom is -0.482 e. The summed E-state index contributed by atoms with van der Waals surface area (Å²) in [6, 6.07) is 14.6. The molecule has 1 unspecified atom stereocenters. The third-order valence-corrected chi connectivity index (χ3v) is 9.08. The van der Waals surface area contributed by atoms with Gasteiger partial charge in [0.25, 0.3) is 0 Å². The lowest BCUT2D eigenvalue weighted by Crippen LogP contribution is -2.47. The standard InChI is InChI=1S/C30H32F3NO5S/c1-6-38-28(35)17-39-27-14-12-24(15-19(27)2)40(36,37)34-18-29(4,5)26-13-9-22(16-25(26)20(34)3)21-7-10-23(11-8-21)30(31,32)33/h7-16,20H,6,17-18H2,1-5H3. The van der Waals surface area contributed by atoms with Crippen LogP contribution in [-0.4, -0.2) is 38.5 Å². The van der Waals surface area contributed by atoms with E-state index in [-0.39, 0.29) is 24.7 Å². The molecule has 0 aromatic heterocycles. The minimum absolute atomic E-state index is 0.0958. The van der Waals surface area contributed by atoms with Gasteiger partial charge in [-0.25, -0.2) is 13.2 Å². The van der Waals surface area contributed by atoms with Crippen molar-refractivity contribution in [2.45, 2.75) is 57.1 Å². The molecule has 0 saturated heterocycles. The summed E-state index contributed by atoms with van der Waals surface area (Å²) in [5.41, 5.74) is 2.39. The Hall–Kier alpha value is -3.37. The zero-order valence-electron chi connectivity index (χ0n) is 23.0. The Balaban J connectivity index is 1.65. The van der Waals surface area contributed by atoms with Gasteiger partial charge in [-0.2, -0.15) is 17.5 Å². The van der Waals surface area contributed by atoms with Crippen molar-refractivity contribution in [3.05, 3.63) is 82.9 Å². The van der Waals surface area contributed by atoms with Crippen molar-refractivity contribution in [2.24, 2.45) is 0 Å². The number of rotatable bonds is 7. The summed E-state index contributed by atoms with van der Waals surface area (Å²) in [6.07, 6.45) is -4.43. The number of sulfonamides is 1. The first-order valence-corrected chi connectivity index (χ1v) is 14.3. The molecule has 0 aliphatic carbocycles. The highest BCUT2D eigenvalue weighted by atomic mass is 32.2. The fourth-order valence-corrected chi connectivity index (χ4v) is 6.89. The van der Waals surface area contributed by atoms with Gasteiger partial charge in [-0.1, -0.05) is 38.1 Å². The summed E-state index contributed by atoms with van der Waals surface area (Å²) in [5.74, 6) is -0.136. The number of carbonyl (C=O) groups is 1. The summed E-state index contributed by atoms with van der Waals surface area (Å²) in [7, 11) is -3.94. The van der Waals surface area contributed by atoms with Gasteiger partial charge in [0, 0.05) is 18.0 Å². The Bertz CT molecular complexity index is 1520. The smallest absolute Gasteiger partial charge is 0.416 e. The second-order valence-electron chi connectivity index (χ2n) is 10.5. The quantitative estimate of drug-likeness (QED) is 0.295. The van der Waals surface area contributed by atoms with Crippen LogP contribution >= 0.6 is 0 Å². The normalized spacial score (nSPS) is 17.2. The van der Waals surface area contributed by atoms with Crippen molar-refractivity contribution in [1.82, 2.24) is 4.31 Å². The van der Waals surface area contributed by atoms with Crippen LogP contribution in [0.1, 0.15) is 56.0 Å². The third-order valence-electron chi connectivity index (χ3n) is 7.16. The summed E-state index contributed by atoms with van der Waals surface area (Å²) in [6.45, 7) is 9.34. The van der Waals surface area contributed by atoms with E-state index in [4.69, 9.17) is 9.47 Å². The summed E-state index contributed by atoms with van der Waals surface area (Å²) >= 11 is 0. The highest BCUT2D eigenvalue weighted by molar-refractivity contribution is 7.89. The first-order valence-electron chi connectivity index (χ1n) is 12.9. The van der Waals surface area contributed by atoms with Crippen LogP contribution in [0.3, 0.4) is 0 Å². The van der Waals surface area contributed by atoms with E-state index in [2.05, 4.69) is 0 Å². The number of halogens is 3. The van der Waals surface area contributed by atoms with Crippen LogP contribution in [0.15, 0.2) is 65.6 Å². The highest BCUT2D eigenvalue weighted by Crippen LogP contribution is 2.44. The van der Waals surface area contributed by atoms with Gasteiger partial charge < -0.3 is 9.47 Å². The maximum Gasteiger partial charge on any atom is 0.416 e. The molecule has 10 heteroatoms. The van der Waals surface area contributed by atoms with E-state index < -0.39 is 39.2 Å². The second kappa shape index (κ2) is 10.9. The lowest BCUT2D eigenvalue weighted by Gasteiger charge is -2.43. The molecule has 0 bridgehead atoms. The van der Waals surface area contributed by atoms with Gasteiger partial charge in [0.1, 0.15) is 5.75 Å². The first-order chi connectivity index (χ1) is 18.6. The van der Waals surface area contributed by atoms with Crippen molar-refractivity contribution in [1.29, 1.82) is 0 Å². The predicted octanol–water partition coefficient (Wildman–Crippen LogP) is 6.67. The summed E-state index contributed by atoms with van der Waals surface area (Å²) < 4.78 is 78.7. The largest absolute Gasteiger partial charge is 0.482 e. The van der Waals surface area contributed by atoms with E-state index in [1.165, 1.54) is 34.6 Å². The van der Waals surface area contributed by atoms with Crippen molar-refractivity contribution in [2.75, 3.05) is 19.8 Å². The molecule has 0 fully saturated rings. The molecule has 40 heavy (non-hydrogen) atoms.